The Morgan fingerprint density at radius 1 is 1.15 bits per heavy atom. The first-order valence-electron chi connectivity index (χ1n) is 6.73. The third kappa shape index (κ3) is 3.27. The fraction of sp³-hybridized carbons (Fsp3) is 0.429. The van der Waals surface area contributed by atoms with Crippen molar-refractivity contribution in [2.24, 2.45) is 5.73 Å². The molecule has 0 unspecified atom stereocenters. The zero-order chi connectivity index (χ0) is 14.6. The van der Waals surface area contributed by atoms with Crippen molar-refractivity contribution in [3.8, 4) is 0 Å². The lowest BCUT2D eigenvalue weighted by Gasteiger charge is -2.22. The van der Waals surface area contributed by atoms with Crippen molar-refractivity contribution in [1.29, 1.82) is 0 Å². The highest BCUT2D eigenvalue weighted by molar-refractivity contribution is 5.99. The van der Waals surface area contributed by atoms with Gasteiger partial charge in [0, 0.05) is 18.4 Å². The fourth-order valence-electron chi connectivity index (χ4n) is 2.36. The minimum absolute atomic E-state index is 0.160. The predicted octanol–water partition coefficient (Wildman–Crippen LogP) is 1.65. The van der Waals surface area contributed by atoms with Crippen LogP contribution in [0.25, 0.3) is 0 Å². The van der Waals surface area contributed by atoms with Crippen molar-refractivity contribution in [3.05, 3.63) is 24.3 Å². The third-order valence-electron chi connectivity index (χ3n) is 3.55. The molecular formula is C14H20N4O2. The van der Waals surface area contributed by atoms with Crippen molar-refractivity contribution < 1.29 is 9.59 Å². The molecule has 0 atom stereocenters. The Balaban J connectivity index is 2.04. The largest absolute Gasteiger partial charge is 0.341 e. The van der Waals surface area contributed by atoms with Gasteiger partial charge in [0.1, 0.15) is 0 Å². The average Bonchev–Trinajstić information content (AvgIpc) is 2.87. The van der Waals surface area contributed by atoms with Gasteiger partial charge >= 0.3 is 6.03 Å². The van der Waals surface area contributed by atoms with E-state index in [0.717, 1.165) is 25.7 Å². The zero-order valence-corrected chi connectivity index (χ0v) is 11.5. The van der Waals surface area contributed by atoms with E-state index >= 15 is 0 Å². The molecule has 0 spiro atoms. The van der Waals surface area contributed by atoms with Crippen molar-refractivity contribution in [2.75, 3.05) is 17.7 Å². The Bertz CT molecular complexity index is 510. The highest BCUT2D eigenvalue weighted by atomic mass is 16.2. The predicted molar refractivity (Wildman–Crippen MR) is 78.5 cm³/mol. The molecular weight excluding hydrogens is 256 g/mol. The number of nitrogens with two attached hydrogens (primary N) is 1. The van der Waals surface area contributed by atoms with E-state index in [1.54, 1.807) is 31.3 Å². The molecule has 3 amide bonds. The number of rotatable bonds is 3. The molecule has 0 bridgehead atoms. The molecule has 5 N–H and O–H groups in total. The van der Waals surface area contributed by atoms with Crippen LogP contribution >= 0.6 is 0 Å². The van der Waals surface area contributed by atoms with Gasteiger partial charge in [0.25, 0.3) is 0 Å². The van der Waals surface area contributed by atoms with Crippen LogP contribution in [0.15, 0.2) is 24.3 Å². The Morgan fingerprint density at radius 2 is 1.75 bits per heavy atom. The number of nitrogens with one attached hydrogen (secondary N) is 3. The maximum Gasteiger partial charge on any atom is 0.318 e. The number of benzene rings is 1. The monoisotopic (exact) mass is 276 g/mol. The minimum Gasteiger partial charge on any atom is -0.341 e. The molecule has 1 aliphatic carbocycles. The number of urea groups is 1. The van der Waals surface area contributed by atoms with Crippen LogP contribution in [-0.2, 0) is 4.79 Å². The minimum atomic E-state index is -0.760. The van der Waals surface area contributed by atoms with Crippen molar-refractivity contribution in [2.45, 2.75) is 31.2 Å². The third-order valence-corrected chi connectivity index (χ3v) is 3.55. The summed E-state index contributed by atoms with van der Waals surface area (Å²) < 4.78 is 0. The van der Waals surface area contributed by atoms with Crippen LogP contribution in [0.5, 0.6) is 0 Å². The summed E-state index contributed by atoms with van der Waals surface area (Å²) in [4.78, 5) is 23.4. The summed E-state index contributed by atoms with van der Waals surface area (Å²) in [6.07, 6.45) is 3.41. The average molecular weight is 276 g/mol. The van der Waals surface area contributed by atoms with Gasteiger partial charge in [0.2, 0.25) is 5.91 Å². The van der Waals surface area contributed by atoms with E-state index in [9.17, 15) is 9.59 Å². The Kier molecular flexibility index (Phi) is 4.24. The molecule has 1 aromatic rings. The molecule has 0 aromatic heterocycles. The lowest BCUT2D eigenvalue weighted by molar-refractivity contribution is -0.121. The van der Waals surface area contributed by atoms with E-state index in [0.29, 0.717) is 11.4 Å². The summed E-state index contributed by atoms with van der Waals surface area (Å²) in [5.74, 6) is -0.160. The molecule has 108 valence electrons. The standard InChI is InChI=1S/C14H20N4O2/c1-16-13(20)18-11-6-4-5-10(9-11)17-12(19)14(15)7-2-3-8-14/h4-6,9H,2-3,7-8,15H2,1H3,(H,17,19)(H2,16,18,20). The topological polar surface area (TPSA) is 96.2 Å². The van der Waals surface area contributed by atoms with Gasteiger partial charge in [-0.1, -0.05) is 18.9 Å². The number of hydrogen-bond donors (Lipinski definition) is 4. The zero-order valence-electron chi connectivity index (χ0n) is 11.5. The molecule has 1 aliphatic rings. The molecule has 2 rings (SSSR count). The molecule has 20 heavy (non-hydrogen) atoms. The van der Waals surface area contributed by atoms with Gasteiger partial charge in [-0.15, -0.1) is 0 Å². The van der Waals surface area contributed by atoms with Gasteiger partial charge in [-0.05, 0) is 31.0 Å². The number of carbonyl (C=O) groups is 2. The van der Waals surface area contributed by atoms with E-state index < -0.39 is 5.54 Å². The summed E-state index contributed by atoms with van der Waals surface area (Å²) in [5, 5.41) is 7.94. The van der Waals surface area contributed by atoms with E-state index in [1.165, 1.54) is 0 Å². The quantitative estimate of drug-likeness (QED) is 0.676. The molecule has 6 heteroatoms. The lowest BCUT2D eigenvalue weighted by Crippen LogP contribution is -2.48. The Labute approximate surface area is 118 Å². The SMILES string of the molecule is CNC(=O)Nc1cccc(NC(=O)C2(N)CCCC2)c1. The van der Waals surface area contributed by atoms with Gasteiger partial charge < -0.3 is 21.7 Å². The second-order valence-corrected chi connectivity index (χ2v) is 5.10. The van der Waals surface area contributed by atoms with E-state index in [-0.39, 0.29) is 11.9 Å². The summed E-state index contributed by atoms with van der Waals surface area (Å²) in [7, 11) is 1.54. The summed E-state index contributed by atoms with van der Waals surface area (Å²) in [5.41, 5.74) is 6.58. The molecule has 0 saturated heterocycles. The molecule has 1 fully saturated rings. The Morgan fingerprint density at radius 3 is 2.35 bits per heavy atom. The van der Waals surface area contributed by atoms with Gasteiger partial charge in [0.05, 0.1) is 5.54 Å². The number of hydrogen-bond acceptors (Lipinski definition) is 3. The molecule has 1 aromatic carbocycles. The summed E-state index contributed by atoms with van der Waals surface area (Å²) in [6, 6.07) is 6.67. The Hall–Kier alpha value is -2.08. The fourth-order valence-corrected chi connectivity index (χ4v) is 2.36. The maximum atomic E-state index is 12.2. The first-order valence-corrected chi connectivity index (χ1v) is 6.73. The van der Waals surface area contributed by atoms with Gasteiger partial charge in [0.15, 0.2) is 0 Å². The van der Waals surface area contributed by atoms with E-state index in [2.05, 4.69) is 16.0 Å². The van der Waals surface area contributed by atoms with Gasteiger partial charge in [-0.25, -0.2) is 4.79 Å². The van der Waals surface area contributed by atoms with Crippen LogP contribution in [0.4, 0.5) is 16.2 Å². The van der Waals surface area contributed by atoms with Crippen molar-refractivity contribution in [1.82, 2.24) is 5.32 Å². The summed E-state index contributed by atoms with van der Waals surface area (Å²) >= 11 is 0. The number of carbonyl (C=O) groups excluding carboxylic acids is 2. The van der Waals surface area contributed by atoms with E-state index in [1.807, 2.05) is 0 Å². The second-order valence-electron chi connectivity index (χ2n) is 5.10. The second kappa shape index (κ2) is 5.92. The number of amides is 3. The lowest BCUT2D eigenvalue weighted by atomic mass is 9.98. The molecule has 1 saturated carbocycles. The highest BCUT2D eigenvalue weighted by Gasteiger charge is 2.36. The first-order chi connectivity index (χ1) is 9.53. The molecule has 0 radical (unpaired) electrons. The normalized spacial score (nSPS) is 16.5. The van der Waals surface area contributed by atoms with Crippen LogP contribution in [0.1, 0.15) is 25.7 Å². The van der Waals surface area contributed by atoms with Crippen LogP contribution in [0.3, 0.4) is 0 Å². The maximum absolute atomic E-state index is 12.2. The van der Waals surface area contributed by atoms with Gasteiger partial charge in [-0.2, -0.15) is 0 Å². The smallest absolute Gasteiger partial charge is 0.318 e. The van der Waals surface area contributed by atoms with Gasteiger partial charge in [-0.3, -0.25) is 4.79 Å². The van der Waals surface area contributed by atoms with Crippen molar-refractivity contribution in [3.63, 3.8) is 0 Å². The van der Waals surface area contributed by atoms with E-state index in [4.69, 9.17) is 5.73 Å². The number of anilines is 2. The van der Waals surface area contributed by atoms with Crippen LogP contribution in [0, 0.1) is 0 Å². The molecule has 0 heterocycles. The molecule has 6 nitrogen and oxygen atoms in total. The highest BCUT2D eigenvalue weighted by Crippen LogP contribution is 2.28. The van der Waals surface area contributed by atoms with Crippen LogP contribution < -0.4 is 21.7 Å². The summed E-state index contributed by atoms with van der Waals surface area (Å²) in [6.45, 7) is 0. The van der Waals surface area contributed by atoms with Crippen LogP contribution in [-0.4, -0.2) is 24.5 Å². The molecule has 0 aliphatic heterocycles. The van der Waals surface area contributed by atoms with Crippen molar-refractivity contribution >= 4 is 23.3 Å². The first kappa shape index (κ1) is 14.3. The van der Waals surface area contributed by atoms with Crippen LogP contribution in [0.2, 0.25) is 0 Å².